The Kier molecular flexibility index (Phi) is 4.53. The Morgan fingerprint density at radius 1 is 1.26 bits per heavy atom. The van der Waals surface area contributed by atoms with Crippen LogP contribution in [0.15, 0.2) is 6.20 Å². The van der Waals surface area contributed by atoms with Gasteiger partial charge in [-0.15, -0.1) is 0 Å². The van der Waals surface area contributed by atoms with E-state index in [9.17, 15) is 8.78 Å². The van der Waals surface area contributed by atoms with E-state index in [1.54, 1.807) is 0 Å². The fourth-order valence-corrected chi connectivity index (χ4v) is 5.93. The molecule has 4 saturated heterocycles. The lowest BCUT2D eigenvalue weighted by atomic mass is 9.83. The summed E-state index contributed by atoms with van der Waals surface area (Å²) < 4.78 is 40.7. The highest BCUT2D eigenvalue weighted by Crippen LogP contribution is 2.44. The highest BCUT2D eigenvalue weighted by Gasteiger charge is 2.50. The van der Waals surface area contributed by atoms with Crippen molar-refractivity contribution in [2.75, 3.05) is 44.4 Å². The molecule has 31 heavy (non-hydrogen) atoms. The van der Waals surface area contributed by atoms with Gasteiger partial charge in [-0.25, -0.2) is 13.8 Å². The third-order valence-electron chi connectivity index (χ3n) is 7.54. The standard InChI is InChI=1S/C21H24ClF2N5O2/c22-17-15(24)16-14(9-25-17)18(29-6-3-20(29)4-7-30-11-20)27-19(26-16)31-12-21-2-1-5-28(21)10-13(23)8-21/h9,13H,1-8,10-12H2/t13-,20?,21?/m1/s1. The topological polar surface area (TPSA) is 63.6 Å². The van der Waals surface area contributed by atoms with Crippen LogP contribution in [0.5, 0.6) is 6.01 Å². The number of hydrogen-bond donors (Lipinski definition) is 0. The van der Waals surface area contributed by atoms with Crippen LogP contribution < -0.4 is 9.64 Å². The summed E-state index contributed by atoms with van der Waals surface area (Å²) in [6.45, 7) is 3.71. The van der Waals surface area contributed by atoms with Crippen LogP contribution in [-0.4, -0.2) is 76.6 Å². The zero-order chi connectivity index (χ0) is 21.2. The van der Waals surface area contributed by atoms with Gasteiger partial charge >= 0.3 is 6.01 Å². The molecule has 10 heteroatoms. The van der Waals surface area contributed by atoms with E-state index in [2.05, 4.69) is 24.8 Å². The Hall–Kier alpha value is -1.84. The van der Waals surface area contributed by atoms with Crippen molar-refractivity contribution in [1.82, 2.24) is 19.9 Å². The van der Waals surface area contributed by atoms with E-state index < -0.39 is 12.0 Å². The second-order valence-electron chi connectivity index (χ2n) is 9.25. The number of halogens is 3. The summed E-state index contributed by atoms with van der Waals surface area (Å²) in [6, 6.07) is 0.0909. The Morgan fingerprint density at radius 2 is 2.16 bits per heavy atom. The Morgan fingerprint density at radius 3 is 2.94 bits per heavy atom. The fraction of sp³-hybridized carbons (Fsp3) is 0.667. The van der Waals surface area contributed by atoms with Crippen LogP contribution in [0.3, 0.4) is 0 Å². The third kappa shape index (κ3) is 3.00. The summed E-state index contributed by atoms with van der Waals surface area (Å²) in [5.74, 6) is -0.0920. The molecule has 4 fully saturated rings. The second kappa shape index (κ2) is 7.08. The average molecular weight is 452 g/mol. The first kappa shape index (κ1) is 19.8. The summed E-state index contributed by atoms with van der Waals surface area (Å²) >= 11 is 5.94. The highest BCUT2D eigenvalue weighted by atomic mass is 35.5. The summed E-state index contributed by atoms with van der Waals surface area (Å²) in [4.78, 5) is 17.3. The molecular formula is C21H24ClF2N5O2. The van der Waals surface area contributed by atoms with Crippen molar-refractivity contribution in [3.05, 3.63) is 17.2 Å². The zero-order valence-electron chi connectivity index (χ0n) is 17.1. The van der Waals surface area contributed by atoms with Crippen molar-refractivity contribution < 1.29 is 18.3 Å². The van der Waals surface area contributed by atoms with E-state index in [-0.39, 0.29) is 34.4 Å². The van der Waals surface area contributed by atoms with E-state index in [4.69, 9.17) is 21.1 Å². The maximum Gasteiger partial charge on any atom is 0.319 e. The minimum atomic E-state index is -0.845. The van der Waals surface area contributed by atoms with Gasteiger partial charge < -0.3 is 14.4 Å². The molecule has 1 spiro atoms. The minimum absolute atomic E-state index is 0.0909. The van der Waals surface area contributed by atoms with Crippen molar-refractivity contribution in [2.45, 2.75) is 49.4 Å². The van der Waals surface area contributed by atoms with Crippen molar-refractivity contribution in [2.24, 2.45) is 0 Å². The molecule has 7 nitrogen and oxygen atoms in total. The molecule has 2 unspecified atom stereocenters. The average Bonchev–Trinajstić information content (AvgIpc) is 3.44. The molecule has 0 aliphatic carbocycles. The lowest BCUT2D eigenvalue weighted by molar-refractivity contribution is 0.107. The molecule has 6 heterocycles. The summed E-state index contributed by atoms with van der Waals surface area (Å²) in [5.41, 5.74) is -0.358. The Bertz CT molecular complexity index is 1040. The van der Waals surface area contributed by atoms with E-state index >= 15 is 0 Å². The molecule has 3 atom stereocenters. The molecule has 0 aromatic carbocycles. The molecule has 166 valence electrons. The molecule has 2 aromatic rings. The Balaban J connectivity index is 1.37. The van der Waals surface area contributed by atoms with Crippen LogP contribution in [0, 0.1) is 5.82 Å². The van der Waals surface area contributed by atoms with Crippen molar-refractivity contribution in [3.63, 3.8) is 0 Å². The third-order valence-corrected chi connectivity index (χ3v) is 7.81. The number of aromatic nitrogens is 3. The minimum Gasteiger partial charge on any atom is -0.461 e. The number of alkyl halides is 1. The molecule has 0 N–H and O–H groups in total. The molecule has 0 bridgehead atoms. The molecular weight excluding hydrogens is 428 g/mol. The number of ether oxygens (including phenoxy) is 2. The SMILES string of the molecule is Fc1c(Cl)ncc2c(N3CCC34CCOC4)nc(OCC34CCCN3C[C@H](F)C4)nc12. The van der Waals surface area contributed by atoms with Crippen LogP contribution in [0.25, 0.3) is 10.9 Å². The van der Waals surface area contributed by atoms with Gasteiger partial charge in [-0.05, 0) is 32.2 Å². The largest absolute Gasteiger partial charge is 0.461 e. The van der Waals surface area contributed by atoms with Gasteiger partial charge in [0.1, 0.15) is 24.1 Å². The molecule has 2 aromatic heterocycles. The molecule has 6 rings (SSSR count). The first-order valence-electron chi connectivity index (χ1n) is 10.9. The Labute approximate surface area is 183 Å². The van der Waals surface area contributed by atoms with E-state index in [0.717, 1.165) is 38.8 Å². The highest BCUT2D eigenvalue weighted by molar-refractivity contribution is 6.30. The summed E-state index contributed by atoms with van der Waals surface area (Å²) in [5, 5.41) is 0.271. The number of rotatable bonds is 4. The van der Waals surface area contributed by atoms with Gasteiger partial charge in [0.2, 0.25) is 0 Å². The molecule has 0 radical (unpaired) electrons. The van der Waals surface area contributed by atoms with Crippen LogP contribution in [0.1, 0.15) is 32.1 Å². The monoisotopic (exact) mass is 451 g/mol. The van der Waals surface area contributed by atoms with Gasteiger partial charge in [0.05, 0.1) is 23.1 Å². The number of pyridine rings is 1. The smallest absolute Gasteiger partial charge is 0.319 e. The van der Waals surface area contributed by atoms with Crippen LogP contribution in [-0.2, 0) is 4.74 Å². The van der Waals surface area contributed by atoms with Crippen molar-refractivity contribution in [1.29, 1.82) is 0 Å². The fourth-order valence-electron chi connectivity index (χ4n) is 5.79. The quantitative estimate of drug-likeness (QED) is 0.662. The number of nitrogens with zero attached hydrogens (tertiary/aromatic N) is 5. The van der Waals surface area contributed by atoms with Gasteiger partial charge in [0.15, 0.2) is 11.0 Å². The lowest BCUT2D eigenvalue weighted by Crippen LogP contribution is -2.61. The molecule has 4 aliphatic heterocycles. The van der Waals surface area contributed by atoms with Gasteiger partial charge in [-0.1, -0.05) is 11.6 Å². The van der Waals surface area contributed by atoms with E-state index in [1.807, 2.05) is 0 Å². The van der Waals surface area contributed by atoms with Crippen LogP contribution in [0.4, 0.5) is 14.6 Å². The maximum atomic E-state index is 14.9. The predicted molar refractivity (Wildman–Crippen MR) is 111 cm³/mol. The van der Waals surface area contributed by atoms with Gasteiger partial charge in [-0.3, -0.25) is 4.90 Å². The first-order chi connectivity index (χ1) is 15.0. The van der Waals surface area contributed by atoms with Crippen molar-refractivity contribution in [3.8, 4) is 6.01 Å². The molecule has 4 aliphatic rings. The van der Waals surface area contributed by atoms with Gasteiger partial charge in [-0.2, -0.15) is 9.97 Å². The second-order valence-corrected chi connectivity index (χ2v) is 9.61. The number of fused-ring (bicyclic) bond motifs is 2. The van der Waals surface area contributed by atoms with E-state index in [0.29, 0.717) is 37.4 Å². The van der Waals surface area contributed by atoms with Crippen LogP contribution >= 0.6 is 11.6 Å². The molecule has 0 saturated carbocycles. The normalized spacial score (nSPS) is 32.7. The number of anilines is 1. The maximum absolute atomic E-state index is 14.9. The lowest BCUT2D eigenvalue weighted by Gasteiger charge is -2.50. The molecule has 0 amide bonds. The first-order valence-corrected chi connectivity index (χ1v) is 11.3. The van der Waals surface area contributed by atoms with Crippen molar-refractivity contribution >= 4 is 28.3 Å². The predicted octanol–water partition coefficient (Wildman–Crippen LogP) is 3.14. The van der Waals surface area contributed by atoms with Crippen LogP contribution in [0.2, 0.25) is 5.15 Å². The van der Waals surface area contributed by atoms with Gasteiger partial charge in [0, 0.05) is 32.3 Å². The van der Waals surface area contributed by atoms with E-state index in [1.165, 1.54) is 6.20 Å². The number of hydrogen-bond acceptors (Lipinski definition) is 7. The summed E-state index contributed by atoms with van der Waals surface area (Å²) in [7, 11) is 0. The summed E-state index contributed by atoms with van der Waals surface area (Å²) in [6.07, 6.45) is 4.91. The van der Waals surface area contributed by atoms with Gasteiger partial charge in [0.25, 0.3) is 0 Å². The zero-order valence-corrected chi connectivity index (χ0v) is 17.9.